The summed E-state index contributed by atoms with van der Waals surface area (Å²) in [6.45, 7) is 0.748. The van der Waals surface area contributed by atoms with E-state index in [9.17, 15) is 9.59 Å². The number of rotatable bonds is 3. The zero-order valence-corrected chi connectivity index (χ0v) is 10.8. The minimum atomic E-state index is -0.399. The van der Waals surface area contributed by atoms with Crippen LogP contribution in [0.2, 0.25) is 0 Å². The lowest BCUT2D eigenvalue weighted by molar-refractivity contribution is -0.134. The Balaban J connectivity index is 1.93. The minimum Gasteiger partial charge on any atom is -0.328 e. The average molecular weight is 258 g/mol. The van der Waals surface area contributed by atoms with E-state index < -0.39 is 6.04 Å². The van der Waals surface area contributed by atoms with E-state index in [1.54, 1.807) is 0 Å². The van der Waals surface area contributed by atoms with Gasteiger partial charge in [-0.05, 0) is 30.4 Å². The molecule has 2 aliphatic rings. The van der Waals surface area contributed by atoms with Gasteiger partial charge in [0.05, 0.1) is 0 Å². The molecule has 0 bridgehead atoms. The van der Waals surface area contributed by atoms with Gasteiger partial charge in [0.25, 0.3) is 0 Å². The standard InChI is InChI=1S/C15H18N2O2/c16-11-5-6-12(7-11)17-8-10-3-1-2-4-13(10)15(17)14(19)9-18/h1-4,9,11-12,15H,5-8,16H2. The molecule has 3 unspecified atom stereocenters. The third-order valence-electron chi connectivity index (χ3n) is 4.33. The molecule has 0 aromatic heterocycles. The summed E-state index contributed by atoms with van der Waals surface area (Å²) in [5, 5.41) is 0. The predicted octanol–water partition coefficient (Wildman–Crippen LogP) is 1.19. The average Bonchev–Trinajstić information content (AvgIpc) is 3.01. The summed E-state index contributed by atoms with van der Waals surface area (Å²) in [7, 11) is 0. The molecule has 1 fully saturated rings. The fourth-order valence-corrected chi connectivity index (χ4v) is 3.43. The first-order valence-corrected chi connectivity index (χ1v) is 6.79. The number of aldehydes is 1. The lowest BCUT2D eigenvalue weighted by atomic mass is 10.0. The molecule has 3 atom stereocenters. The van der Waals surface area contributed by atoms with Crippen LogP contribution in [0.5, 0.6) is 0 Å². The molecule has 4 heteroatoms. The van der Waals surface area contributed by atoms with Crippen LogP contribution in [0.15, 0.2) is 24.3 Å². The van der Waals surface area contributed by atoms with Gasteiger partial charge in [0.2, 0.25) is 5.78 Å². The molecule has 4 nitrogen and oxygen atoms in total. The van der Waals surface area contributed by atoms with E-state index in [1.807, 2.05) is 24.3 Å². The van der Waals surface area contributed by atoms with E-state index in [0.717, 1.165) is 36.9 Å². The van der Waals surface area contributed by atoms with Gasteiger partial charge in [-0.2, -0.15) is 0 Å². The van der Waals surface area contributed by atoms with Crippen LogP contribution in [-0.2, 0) is 16.1 Å². The van der Waals surface area contributed by atoms with E-state index in [2.05, 4.69) is 4.90 Å². The highest BCUT2D eigenvalue weighted by atomic mass is 16.2. The van der Waals surface area contributed by atoms with E-state index in [0.29, 0.717) is 12.3 Å². The first kappa shape index (κ1) is 12.5. The largest absolute Gasteiger partial charge is 0.328 e. The molecule has 2 N–H and O–H groups in total. The minimum absolute atomic E-state index is 0.223. The molecular formula is C15H18N2O2. The van der Waals surface area contributed by atoms with E-state index in [4.69, 9.17) is 5.73 Å². The highest BCUT2D eigenvalue weighted by molar-refractivity contribution is 6.27. The Morgan fingerprint density at radius 2 is 2.11 bits per heavy atom. The number of nitrogens with two attached hydrogens (primary N) is 1. The van der Waals surface area contributed by atoms with Gasteiger partial charge < -0.3 is 5.73 Å². The Labute approximate surface area is 112 Å². The molecule has 1 saturated carbocycles. The van der Waals surface area contributed by atoms with Crippen LogP contribution in [0.1, 0.15) is 36.4 Å². The van der Waals surface area contributed by atoms with E-state index >= 15 is 0 Å². The first-order valence-electron chi connectivity index (χ1n) is 6.79. The molecule has 100 valence electrons. The smallest absolute Gasteiger partial charge is 0.216 e. The van der Waals surface area contributed by atoms with Gasteiger partial charge in [0.15, 0.2) is 6.29 Å². The number of hydrogen-bond acceptors (Lipinski definition) is 4. The summed E-state index contributed by atoms with van der Waals surface area (Å²) in [6.07, 6.45) is 3.38. The molecule has 1 aromatic rings. The maximum absolute atomic E-state index is 12.0. The summed E-state index contributed by atoms with van der Waals surface area (Å²) in [6, 6.07) is 8.03. The number of carbonyl (C=O) groups is 2. The summed E-state index contributed by atoms with van der Waals surface area (Å²) in [5.74, 6) is -0.342. The normalized spacial score (nSPS) is 30.3. The number of benzene rings is 1. The number of nitrogens with zero attached hydrogens (tertiary/aromatic N) is 1. The van der Waals surface area contributed by atoms with Gasteiger partial charge >= 0.3 is 0 Å². The van der Waals surface area contributed by atoms with Gasteiger partial charge in [0.1, 0.15) is 6.04 Å². The fraction of sp³-hybridized carbons (Fsp3) is 0.467. The Hall–Kier alpha value is -1.52. The Morgan fingerprint density at radius 3 is 2.79 bits per heavy atom. The lowest BCUT2D eigenvalue weighted by Crippen LogP contribution is -2.37. The first-order chi connectivity index (χ1) is 9.20. The van der Waals surface area contributed by atoms with Crippen LogP contribution in [0, 0.1) is 0 Å². The van der Waals surface area contributed by atoms with Crippen molar-refractivity contribution in [2.24, 2.45) is 5.73 Å². The maximum atomic E-state index is 12.0. The third-order valence-corrected chi connectivity index (χ3v) is 4.33. The number of fused-ring (bicyclic) bond motifs is 1. The second kappa shape index (κ2) is 4.87. The second-order valence-corrected chi connectivity index (χ2v) is 5.52. The highest BCUT2D eigenvalue weighted by Gasteiger charge is 2.40. The van der Waals surface area contributed by atoms with Crippen molar-refractivity contribution in [3.63, 3.8) is 0 Å². The summed E-state index contributed by atoms with van der Waals surface area (Å²) in [4.78, 5) is 25.1. The van der Waals surface area contributed by atoms with Crippen molar-refractivity contribution in [2.45, 2.75) is 43.9 Å². The molecule has 0 radical (unpaired) electrons. The van der Waals surface area contributed by atoms with Crippen LogP contribution < -0.4 is 5.73 Å². The van der Waals surface area contributed by atoms with Gasteiger partial charge in [0, 0.05) is 18.6 Å². The van der Waals surface area contributed by atoms with Gasteiger partial charge in [-0.3, -0.25) is 14.5 Å². The molecular weight excluding hydrogens is 240 g/mol. The number of carbonyl (C=O) groups excluding carboxylic acids is 2. The van der Waals surface area contributed by atoms with Crippen molar-refractivity contribution in [3.8, 4) is 0 Å². The Morgan fingerprint density at radius 1 is 1.32 bits per heavy atom. The number of hydrogen-bond donors (Lipinski definition) is 1. The van der Waals surface area contributed by atoms with Crippen LogP contribution in [0.3, 0.4) is 0 Å². The zero-order valence-electron chi connectivity index (χ0n) is 10.8. The number of Topliss-reactive ketones (excluding diaryl/α,β-unsaturated/α-hetero) is 1. The molecule has 3 rings (SSSR count). The zero-order chi connectivity index (χ0) is 13.4. The fourth-order valence-electron chi connectivity index (χ4n) is 3.43. The highest BCUT2D eigenvalue weighted by Crippen LogP contribution is 2.39. The van der Waals surface area contributed by atoms with E-state index in [1.165, 1.54) is 0 Å². The SMILES string of the molecule is NC1CCC(N2Cc3ccccc3C2C(=O)C=O)C1. The van der Waals surface area contributed by atoms with Crippen molar-refractivity contribution in [1.29, 1.82) is 0 Å². The van der Waals surface area contributed by atoms with Gasteiger partial charge in [-0.15, -0.1) is 0 Å². The molecule has 0 spiro atoms. The van der Waals surface area contributed by atoms with Gasteiger partial charge in [-0.1, -0.05) is 24.3 Å². The van der Waals surface area contributed by atoms with E-state index in [-0.39, 0.29) is 11.8 Å². The topological polar surface area (TPSA) is 63.4 Å². The van der Waals surface area contributed by atoms with Gasteiger partial charge in [-0.25, -0.2) is 0 Å². The van der Waals surface area contributed by atoms with Crippen molar-refractivity contribution < 1.29 is 9.59 Å². The molecule has 19 heavy (non-hydrogen) atoms. The van der Waals surface area contributed by atoms with Crippen molar-refractivity contribution in [2.75, 3.05) is 0 Å². The van der Waals surface area contributed by atoms with Crippen LogP contribution in [0.25, 0.3) is 0 Å². The van der Waals surface area contributed by atoms with Crippen molar-refractivity contribution in [3.05, 3.63) is 35.4 Å². The lowest BCUT2D eigenvalue weighted by Gasteiger charge is -2.28. The molecule has 1 aliphatic carbocycles. The van der Waals surface area contributed by atoms with Crippen molar-refractivity contribution >= 4 is 12.1 Å². The monoisotopic (exact) mass is 258 g/mol. The van der Waals surface area contributed by atoms with Crippen LogP contribution >= 0.6 is 0 Å². The van der Waals surface area contributed by atoms with Crippen molar-refractivity contribution in [1.82, 2.24) is 4.90 Å². The Bertz CT molecular complexity index is 515. The molecule has 0 amide bonds. The molecule has 0 saturated heterocycles. The summed E-state index contributed by atoms with van der Waals surface area (Å²) >= 11 is 0. The summed E-state index contributed by atoms with van der Waals surface area (Å²) < 4.78 is 0. The summed E-state index contributed by atoms with van der Waals surface area (Å²) in [5.41, 5.74) is 8.11. The van der Waals surface area contributed by atoms with Crippen LogP contribution in [-0.4, -0.2) is 29.1 Å². The maximum Gasteiger partial charge on any atom is 0.216 e. The molecule has 1 aliphatic heterocycles. The molecule has 1 aromatic carbocycles. The predicted molar refractivity (Wildman–Crippen MR) is 71.4 cm³/mol. The second-order valence-electron chi connectivity index (χ2n) is 5.52. The van der Waals surface area contributed by atoms with Crippen LogP contribution in [0.4, 0.5) is 0 Å². The Kier molecular flexibility index (Phi) is 3.21. The third kappa shape index (κ3) is 2.11. The number of ketones is 1. The molecule has 1 heterocycles. The quantitative estimate of drug-likeness (QED) is 0.653.